The molecule has 0 radical (unpaired) electrons. The molecule has 14 heavy (non-hydrogen) atoms. The van der Waals surface area contributed by atoms with E-state index in [-0.39, 0.29) is 0 Å². The number of hydrogen-bond acceptors (Lipinski definition) is 2. The second-order valence-electron chi connectivity index (χ2n) is 3.22. The zero-order valence-corrected chi connectivity index (χ0v) is 10.7. The maximum absolute atomic E-state index is 5.33. The van der Waals surface area contributed by atoms with E-state index >= 15 is 0 Å². The van der Waals surface area contributed by atoms with Crippen molar-refractivity contribution in [3.63, 3.8) is 0 Å². The molecule has 0 saturated carbocycles. The lowest BCUT2D eigenvalue weighted by molar-refractivity contribution is 0.141. The first-order valence-electron chi connectivity index (χ1n) is 4.82. The monoisotopic (exact) mass is 305 g/mol. The molecule has 0 heterocycles. The maximum Gasteiger partial charge on any atom is 0.0664 e. The van der Waals surface area contributed by atoms with E-state index < -0.39 is 0 Å². The van der Waals surface area contributed by atoms with Gasteiger partial charge in [0.25, 0.3) is 0 Å². The average molecular weight is 305 g/mol. The predicted molar refractivity (Wildman–Crippen MR) is 68.7 cm³/mol. The lowest BCUT2D eigenvalue weighted by atomic mass is 10.3. The molecule has 0 aliphatic carbocycles. The molecule has 1 rings (SSSR count). The van der Waals surface area contributed by atoms with Crippen LogP contribution in [0.4, 0.5) is 5.69 Å². The van der Waals surface area contributed by atoms with Crippen molar-refractivity contribution in [3.05, 3.63) is 27.8 Å². The first-order chi connectivity index (χ1) is 6.72. The summed E-state index contributed by atoms with van der Waals surface area (Å²) >= 11 is 2.31. The zero-order valence-electron chi connectivity index (χ0n) is 8.59. The summed E-state index contributed by atoms with van der Waals surface area (Å²) < 4.78 is 6.58. The Morgan fingerprint density at radius 2 is 2.29 bits per heavy atom. The van der Waals surface area contributed by atoms with Crippen LogP contribution in [-0.4, -0.2) is 19.3 Å². The minimum Gasteiger partial charge on any atom is -0.380 e. The maximum atomic E-state index is 5.33. The van der Waals surface area contributed by atoms with Crippen LogP contribution in [0.5, 0.6) is 0 Å². The summed E-state index contributed by atoms with van der Waals surface area (Å²) in [6.45, 7) is 5.66. The number of halogens is 1. The topological polar surface area (TPSA) is 21.3 Å². The number of anilines is 1. The lowest BCUT2D eigenvalue weighted by Gasteiger charge is -2.14. The summed E-state index contributed by atoms with van der Waals surface area (Å²) in [6.07, 6.45) is 0. The summed E-state index contributed by atoms with van der Waals surface area (Å²) in [5, 5.41) is 3.39. The molecule has 1 aromatic carbocycles. The van der Waals surface area contributed by atoms with Gasteiger partial charge in [-0.15, -0.1) is 0 Å². The van der Waals surface area contributed by atoms with Crippen LogP contribution in [0.3, 0.4) is 0 Å². The van der Waals surface area contributed by atoms with Gasteiger partial charge in [0.15, 0.2) is 0 Å². The Balaban J connectivity index is 2.43. The Hall–Kier alpha value is -0.290. The van der Waals surface area contributed by atoms with Gasteiger partial charge >= 0.3 is 0 Å². The van der Waals surface area contributed by atoms with Crippen molar-refractivity contribution in [2.45, 2.75) is 19.9 Å². The van der Waals surface area contributed by atoms with Crippen LogP contribution in [0.2, 0.25) is 0 Å². The van der Waals surface area contributed by atoms with E-state index in [2.05, 4.69) is 59.1 Å². The molecule has 0 spiro atoms. The van der Waals surface area contributed by atoms with Gasteiger partial charge in [0.2, 0.25) is 0 Å². The Morgan fingerprint density at radius 1 is 1.50 bits per heavy atom. The standard InChI is InChI=1S/C11H16INO/c1-3-14-8-9(2)13-11-6-4-5-10(12)7-11/h4-7,9,13H,3,8H2,1-2H3. The second-order valence-corrected chi connectivity index (χ2v) is 4.46. The molecule has 2 nitrogen and oxygen atoms in total. The first-order valence-corrected chi connectivity index (χ1v) is 5.90. The Morgan fingerprint density at radius 3 is 2.93 bits per heavy atom. The fourth-order valence-corrected chi connectivity index (χ4v) is 1.74. The molecule has 0 aromatic heterocycles. The summed E-state index contributed by atoms with van der Waals surface area (Å²) in [5.74, 6) is 0. The fourth-order valence-electron chi connectivity index (χ4n) is 1.20. The van der Waals surface area contributed by atoms with Gasteiger partial charge in [-0.2, -0.15) is 0 Å². The highest BCUT2D eigenvalue weighted by molar-refractivity contribution is 14.1. The molecule has 0 bridgehead atoms. The fraction of sp³-hybridized carbons (Fsp3) is 0.455. The van der Waals surface area contributed by atoms with E-state index in [0.717, 1.165) is 18.9 Å². The van der Waals surface area contributed by atoms with Crippen molar-refractivity contribution in [1.82, 2.24) is 0 Å². The molecule has 0 saturated heterocycles. The number of benzene rings is 1. The zero-order chi connectivity index (χ0) is 10.4. The van der Waals surface area contributed by atoms with Gasteiger partial charge in [0.1, 0.15) is 0 Å². The van der Waals surface area contributed by atoms with E-state index in [0.29, 0.717) is 6.04 Å². The Kier molecular flexibility index (Phi) is 5.25. The molecule has 1 unspecified atom stereocenters. The summed E-state index contributed by atoms with van der Waals surface area (Å²) in [7, 11) is 0. The summed E-state index contributed by atoms with van der Waals surface area (Å²) in [5.41, 5.74) is 1.16. The van der Waals surface area contributed by atoms with Crippen molar-refractivity contribution >= 4 is 28.3 Å². The third-order valence-corrected chi connectivity index (χ3v) is 2.48. The van der Waals surface area contributed by atoms with Crippen LogP contribution in [0.25, 0.3) is 0 Å². The van der Waals surface area contributed by atoms with Gasteiger partial charge in [-0.1, -0.05) is 6.07 Å². The van der Waals surface area contributed by atoms with Gasteiger partial charge in [0.05, 0.1) is 6.61 Å². The largest absolute Gasteiger partial charge is 0.380 e. The minimum atomic E-state index is 0.355. The molecule has 0 aliphatic rings. The van der Waals surface area contributed by atoms with Gasteiger partial charge in [-0.25, -0.2) is 0 Å². The lowest BCUT2D eigenvalue weighted by Crippen LogP contribution is -2.21. The third kappa shape index (κ3) is 4.28. The van der Waals surface area contributed by atoms with E-state index in [1.165, 1.54) is 3.57 Å². The molecule has 3 heteroatoms. The predicted octanol–water partition coefficient (Wildman–Crippen LogP) is 3.13. The molecular weight excluding hydrogens is 289 g/mol. The molecule has 0 amide bonds. The highest BCUT2D eigenvalue weighted by Gasteiger charge is 2.01. The van der Waals surface area contributed by atoms with E-state index in [9.17, 15) is 0 Å². The SMILES string of the molecule is CCOCC(C)Nc1cccc(I)c1. The molecule has 78 valence electrons. The molecular formula is C11H16INO. The van der Waals surface area contributed by atoms with Crippen LogP contribution < -0.4 is 5.32 Å². The van der Waals surface area contributed by atoms with Crippen LogP contribution >= 0.6 is 22.6 Å². The second kappa shape index (κ2) is 6.24. The van der Waals surface area contributed by atoms with Gasteiger partial charge in [-0.3, -0.25) is 0 Å². The van der Waals surface area contributed by atoms with Crippen LogP contribution in [0.15, 0.2) is 24.3 Å². The van der Waals surface area contributed by atoms with Crippen LogP contribution in [-0.2, 0) is 4.74 Å². The summed E-state index contributed by atoms with van der Waals surface area (Å²) in [6, 6.07) is 8.69. The van der Waals surface area contributed by atoms with Gasteiger partial charge < -0.3 is 10.1 Å². The average Bonchev–Trinajstić information content (AvgIpc) is 2.15. The summed E-state index contributed by atoms with van der Waals surface area (Å²) in [4.78, 5) is 0. The highest BCUT2D eigenvalue weighted by Crippen LogP contribution is 2.13. The molecule has 1 aromatic rings. The van der Waals surface area contributed by atoms with Crippen molar-refractivity contribution in [1.29, 1.82) is 0 Å². The number of nitrogens with one attached hydrogen (secondary N) is 1. The van der Waals surface area contributed by atoms with Crippen molar-refractivity contribution in [2.75, 3.05) is 18.5 Å². The Bertz CT molecular complexity index is 278. The number of ether oxygens (including phenoxy) is 1. The first kappa shape index (κ1) is 11.8. The van der Waals surface area contributed by atoms with Crippen molar-refractivity contribution in [3.8, 4) is 0 Å². The van der Waals surface area contributed by atoms with E-state index in [1.807, 2.05) is 6.92 Å². The molecule has 0 aliphatic heterocycles. The van der Waals surface area contributed by atoms with Crippen molar-refractivity contribution < 1.29 is 4.74 Å². The number of rotatable bonds is 5. The highest BCUT2D eigenvalue weighted by atomic mass is 127. The normalized spacial score (nSPS) is 12.5. The van der Waals surface area contributed by atoms with Gasteiger partial charge in [0, 0.05) is 21.9 Å². The molecule has 1 atom stereocenters. The van der Waals surface area contributed by atoms with Crippen LogP contribution in [0.1, 0.15) is 13.8 Å². The van der Waals surface area contributed by atoms with Crippen molar-refractivity contribution in [2.24, 2.45) is 0 Å². The van der Waals surface area contributed by atoms with Gasteiger partial charge in [-0.05, 0) is 54.6 Å². The number of hydrogen-bond donors (Lipinski definition) is 1. The minimum absolute atomic E-state index is 0.355. The quantitative estimate of drug-likeness (QED) is 0.844. The van der Waals surface area contributed by atoms with E-state index in [4.69, 9.17) is 4.74 Å². The third-order valence-electron chi connectivity index (χ3n) is 1.81. The molecule has 0 fully saturated rings. The molecule has 1 N–H and O–H groups in total. The smallest absolute Gasteiger partial charge is 0.0664 e. The Labute approximate surface area is 99.2 Å². The van der Waals surface area contributed by atoms with Crippen LogP contribution in [0, 0.1) is 3.57 Å². The van der Waals surface area contributed by atoms with E-state index in [1.54, 1.807) is 0 Å².